The smallest absolute Gasteiger partial charge is 0.229 e. The zero-order valence-electron chi connectivity index (χ0n) is 26.6. The van der Waals surface area contributed by atoms with Gasteiger partial charge in [-0.2, -0.15) is 0 Å². The second-order valence-electron chi connectivity index (χ2n) is 10.9. The molecule has 11 nitrogen and oxygen atoms in total. The van der Waals surface area contributed by atoms with Crippen molar-refractivity contribution in [1.82, 2.24) is 38.9 Å². The van der Waals surface area contributed by atoms with Crippen molar-refractivity contribution in [2.24, 2.45) is 0 Å². The van der Waals surface area contributed by atoms with Crippen molar-refractivity contribution in [3.63, 3.8) is 0 Å². The number of imidazole rings is 2. The Hall–Kier alpha value is -5.44. The lowest BCUT2D eigenvalue weighted by Crippen LogP contribution is -2.09. The molecule has 0 unspecified atom stereocenters. The number of benzene rings is 2. The standard InChI is InChI=1S/C19H17N5OS.C17H12BrN5S/c1-13(25)21-18-20-10-9-15(22-18)7-8-16-17(14-5-3-2-4-6-14)23-19-24(16)11-12-26-19;18-12-10-20-16(19)21-13(12)6-7-14-15(11-4-2-1-3-5-11)22-17-23(14)8-9-24-17/h2-10H,11-12H2,1H3,(H,20,21,22,25);1-10H,(H2,19,20,21)/b8-7+;7-6+. The average Bonchev–Trinajstić information content (AvgIpc) is 3.91. The Morgan fingerprint density at radius 1 is 0.880 bits per heavy atom. The van der Waals surface area contributed by atoms with E-state index in [1.807, 2.05) is 72.3 Å². The molecule has 0 bridgehead atoms. The number of aromatic nitrogens is 8. The Bertz CT molecular complexity index is 2350. The number of amides is 1. The van der Waals surface area contributed by atoms with E-state index in [1.165, 1.54) is 6.92 Å². The lowest BCUT2D eigenvalue weighted by Gasteiger charge is -2.04. The molecule has 248 valence electrons. The fraction of sp³-hybridized carbons (Fsp3) is 0.0833. The Morgan fingerprint density at radius 2 is 1.60 bits per heavy atom. The topological polar surface area (TPSA) is 142 Å². The van der Waals surface area contributed by atoms with Gasteiger partial charge in [-0.1, -0.05) is 72.4 Å². The zero-order valence-corrected chi connectivity index (χ0v) is 29.9. The van der Waals surface area contributed by atoms with Gasteiger partial charge >= 0.3 is 0 Å². The molecule has 6 heterocycles. The van der Waals surface area contributed by atoms with Crippen LogP contribution in [0.5, 0.6) is 0 Å². The lowest BCUT2D eigenvalue weighted by atomic mass is 10.1. The molecule has 8 rings (SSSR count). The fourth-order valence-electron chi connectivity index (χ4n) is 5.26. The minimum Gasteiger partial charge on any atom is -0.368 e. The molecule has 14 heteroatoms. The molecule has 0 aliphatic carbocycles. The Labute approximate surface area is 304 Å². The highest BCUT2D eigenvalue weighted by Crippen LogP contribution is 2.34. The quantitative estimate of drug-likeness (QED) is 0.166. The molecule has 1 aliphatic heterocycles. The maximum absolute atomic E-state index is 11.2. The molecule has 2 aromatic carbocycles. The number of anilines is 2. The molecule has 0 fully saturated rings. The number of thiazole rings is 1. The molecule has 0 saturated carbocycles. The van der Waals surface area contributed by atoms with E-state index < -0.39 is 0 Å². The number of hydrogen-bond acceptors (Lipinski definition) is 10. The van der Waals surface area contributed by atoms with E-state index in [0.717, 1.165) is 72.2 Å². The number of carbonyl (C=O) groups is 1. The van der Waals surface area contributed by atoms with Crippen molar-refractivity contribution in [3.05, 3.63) is 118 Å². The molecule has 0 saturated heterocycles. The first-order valence-electron chi connectivity index (χ1n) is 15.5. The first-order valence-corrected chi connectivity index (χ1v) is 18.1. The monoisotopic (exact) mass is 760 g/mol. The van der Waals surface area contributed by atoms with Crippen LogP contribution in [0.4, 0.5) is 11.9 Å². The summed E-state index contributed by atoms with van der Waals surface area (Å²) in [6.07, 6.45) is 13.2. The molecule has 7 aromatic rings. The summed E-state index contributed by atoms with van der Waals surface area (Å²) in [5.41, 5.74) is 13.3. The predicted octanol–water partition coefficient (Wildman–Crippen LogP) is 7.94. The van der Waals surface area contributed by atoms with E-state index in [0.29, 0.717) is 5.95 Å². The maximum Gasteiger partial charge on any atom is 0.229 e. The Kier molecular flexibility index (Phi) is 9.91. The molecule has 0 radical (unpaired) electrons. The summed E-state index contributed by atoms with van der Waals surface area (Å²) < 4.78 is 5.10. The molecular formula is C36H29BrN10OS2. The van der Waals surface area contributed by atoms with E-state index in [9.17, 15) is 4.79 Å². The van der Waals surface area contributed by atoms with Gasteiger partial charge in [0, 0.05) is 54.3 Å². The Morgan fingerprint density at radius 3 is 2.34 bits per heavy atom. The SMILES string of the molecule is CC(=O)Nc1nccc(/C=C/c2c(-c3ccccc3)nc3n2CCS3)n1.Nc1ncc(Br)c(/C=C/c2c(-c3ccccc3)nc3sccn23)n1. The zero-order chi connectivity index (χ0) is 34.5. The van der Waals surface area contributed by atoms with Crippen molar-refractivity contribution in [2.45, 2.75) is 18.6 Å². The average molecular weight is 762 g/mol. The van der Waals surface area contributed by atoms with Crippen LogP contribution in [0, 0.1) is 0 Å². The van der Waals surface area contributed by atoms with Crippen LogP contribution in [0.3, 0.4) is 0 Å². The molecule has 50 heavy (non-hydrogen) atoms. The highest BCUT2D eigenvalue weighted by molar-refractivity contribution is 9.10. The van der Waals surface area contributed by atoms with Gasteiger partial charge in [0.2, 0.25) is 17.8 Å². The van der Waals surface area contributed by atoms with Gasteiger partial charge in [0.25, 0.3) is 0 Å². The van der Waals surface area contributed by atoms with Gasteiger partial charge in [0.1, 0.15) is 0 Å². The van der Waals surface area contributed by atoms with E-state index in [4.69, 9.17) is 15.7 Å². The minimum absolute atomic E-state index is 0.192. The van der Waals surface area contributed by atoms with Crippen molar-refractivity contribution in [3.8, 4) is 22.5 Å². The number of nitrogens with one attached hydrogen (secondary N) is 1. The first kappa shape index (κ1) is 33.1. The number of nitrogens with two attached hydrogens (primary N) is 1. The third-order valence-electron chi connectivity index (χ3n) is 7.48. The lowest BCUT2D eigenvalue weighted by molar-refractivity contribution is -0.114. The number of nitrogen functional groups attached to an aromatic ring is 1. The molecule has 3 N–H and O–H groups in total. The predicted molar refractivity (Wildman–Crippen MR) is 205 cm³/mol. The minimum atomic E-state index is -0.192. The fourth-order valence-corrected chi connectivity index (χ4v) is 7.27. The number of nitrogens with zero attached hydrogens (tertiary/aromatic N) is 8. The molecule has 1 aliphatic rings. The highest BCUT2D eigenvalue weighted by Gasteiger charge is 2.21. The van der Waals surface area contributed by atoms with E-state index in [1.54, 1.807) is 41.6 Å². The number of halogens is 1. The van der Waals surface area contributed by atoms with Crippen LogP contribution in [0.2, 0.25) is 0 Å². The van der Waals surface area contributed by atoms with Crippen LogP contribution >= 0.6 is 39.0 Å². The number of carbonyl (C=O) groups excluding carboxylic acids is 1. The van der Waals surface area contributed by atoms with Gasteiger partial charge in [-0.05, 0) is 46.3 Å². The van der Waals surface area contributed by atoms with Gasteiger partial charge < -0.3 is 10.3 Å². The molecule has 0 spiro atoms. The summed E-state index contributed by atoms with van der Waals surface area (Å²) in [4.78, 5) is 38.3. The van der Waals surface area contributed by atoms with Crippen molar-refractivity contribution >= 4 is 86.1 Å². The summed E-state index contributed by atoms with van der Waals surface area (Å²) in [6.45, 7) is 2.38. The first-order chi connectivity index (χ1) is 24.4. The Balaban J connectivity index is 0.000000157. The summed E-state index contributed by atoms with van der Waals surface area (Å²) in [7, 11) is 0. The van der Waals surface area contributed by atoms with E-state index >= 15 is 0 Å². The third kappa shape index (κ3) is 7.42. The van der Waals surface area contributed by atoms with Gasteiger partial charge in [-0.25, -0.2) is 29.9 Å². The van der Waals surface area contributed by atoms with Crippen LogP contribution in [0.25, 0.3) is 51.8 Å². The van der Waals surface area contributed by atoms with Crippen LogP contribution in [-0.2, 0) is 11.3 Å². The highest BCUT2D eigenvalue weighted by atomic mass is 79.9. The number of rotatable bonds is 7. The normalized spacial score (nSPS) is 12.4. The van der Waals surface area contributed by atoms with E-state index in [2.05, 4.69) is 74.4 Å². The van der Waals surface area contributed by atoms with Gasteiger partial charge in [0.15, 0.2) is 10.1 Å². The van der Waals surface area contributed by atoms with Crippen LogP contribution in [0.15, 0.2) is 100 Å². The summed E-state index contributed by atoms with van der Waals surface area (Å²) in [6, 6.07) is 22.1. The van der Waals surface area contributed by atoms with Crippen molar-refractivity contribution in [2.75, 3.05) is 16.8 Å². The second kappa shape index (κ2) is 15.0. The second-order valence-corrected chi connectivity index (χ2v) is 13.7. The van der Waals surface area contributed by atoms with Crippen LogP contribution in [-0.4, -0.2) is 50.5 Å². The largest absolute Gasteiger partial charge is 0.368 e. The van der Waals surface area contributed by atoms with E-state index in [-0.39, 0.29) is 11.9 Å². The van der Waals surface area contributed by atoms with Crippen LogP contribution < -0.4 is 11.1 Å². The van der Waals surface area contributed by atoms with Gasteiger partial charge in [-0.3, -0.25) is 14.5 Å². The van der Waals surface area contributed by atoms with Crippen LogP contribution in [0.1, 0.15) is 29.7 Å². The summed E-state index contributed by atoms with van der Waals surface area (Å²) in [5, 5.41) is 5.67. The van der Waals surface area contributed by atoms with Gasteiger partial charge in [0.05, 0.1) is 38.6 Å². The summed E-state index contributed by atoms with van der Waals surface area (Å²) in [5.74, 6) is 1.40. The van der Waals surface area contributed by atoms with Crippen molar-refractivity contribution < 1.29 is 4.79 Å². The number of thioether (sulfide) groups is 1. The van der Waals surface area contributed by atoms with Gasteiger partial charge in [-0.15, -0.1) is 11.3 Å². The summed E-state index contributed by atoms with van der Waals surface area (Å²) >= 11 is 6.83. The maximum atomic E-state index is 11.2. The molecule has 1 amide bonds. The number of hydrogen-bond donors (Lipinski definition) is 2. The molecule has 0 atom stereocenters. The third-order valence-corrected chi connectivity index (χ3v) is 9.80. The number of fused-ring (bicyclic) bond motifs is 2. The van der Waals surface area contributed by atoms with Crippen molar-refractivity contribution in [1.29, 1.82) is 0 Å². The molecule has 5 aromatic heterocycles. The molecular weight excluding hydrogens is 733 g/mol.